The Morgan fingerprint density at radius 3 is 2.67 bits per heavy atom. The molecular formula is C17H27ClN2O. The van der Waals surface area contributed by atoms with Crippen LogP contribution < -0.4 is 11.1 Å². The number of halogens is 1. The van der Waals surface area contributed by atoms with Crippen LogP contribution in [-0.2, 0) is 11.2 Å². The molecule has 4 heteroatoms. The third-order valence-electron chi connectivity index (χ3n) is 4.24. The summed E-state index contributed by atoms with van der Waals surface area (Å²) in [5.74, 6) is 0.781. The van der Waals surface area contributed by atoms with Gasteiger partial charge < -0.3 is 11.1 Å². The summed E-state index contributed by atoms with van der Waals surface area (Å²) in [4.78, 5) is 12.2. The maximum absolute atomic E-state index is 12.2. The van der Waals surface area contributed by atoms with Crippen LogP contribution >= 0.6 is 12.4 Å². The first-order chi connectivity index (χ1) is 9.65. The van der Waals surface area contributed by atoms with Crippen LogP contribution in [0.3, 0.4) is 0 Å². The number of benzene rings is 1. The molecule has 1 fully saturated rings. The fraction of sp³-hybridized carbons (Fsp3) is 0.588. The molecule has 2 rings (SSSR count). The summed E-state index contributed by atoms with van der Waals surface area (Å²) < 4.78 is 0. The maximum atomic E-state index is 12.2. The molecule has 21 heavy (non-hydrogen) atoms. The molecule has 0 heterocycles. The smallest absolute Gasteiger partial charge is 0.237 e. The second-order valence-corrected chi connectivity index (χ2v) is 6.12. The van der Waals surface area contributed by atoms with Crippen molar-refractivity contribution in [3.05, 3.63) is 35.9 Å². The van der Waals surface area contributed by atoms with Crippen molar-refractivity contribution in [2.45, 2.75) is 57.5 Å². The normalized spacial score (nSPS) is 23.5. The van der Waals surface area contributed by atoms with Crippen LogP contribution in [0.5, 0.6) is 0 Å². The van der Waals surface area contributed by atoms with Gasteiger partial charge in [0.1, 0.15) is 0 Å². The Morgan fingerprint density at radius 2 is 1.95 bits per heavy atom. The number of amides is 1. The van der Waals surface area contributed by atoms with Gasteiger partial charge in [-0.2, -0.15) is 0 Å². The lowest BCUT2D eigenvalue weighted by molar-refractivity contribution is -0.123. The largest absolute Gasteiger partial charge is 0.352 e. The molecule has 3 nitrogen and oxygen atoms in total. The molecule has 1 aliphatic carbocycles. The molecule has 0 saturated heterocycles. The number of nitrogens with two attached hydrogens (primary N) is 1. The predicted octanol–water partition coefficient (Wildman–Crippen LogP) is 3.06. The highest BCUT2D eigenvalue weighted by molar-refractivity contribution is 5.85. The number of hydrogen-bond acceptors (Lipinski definition) is 2. The standard InChI is InChI=1S/C17H26N2O.ClH/c1-13-6-5-9-15(11-10-13)19-17(20)16(18)12-14-7-3-2-4-8-14;/h2-4,7-8,13,15-16H,5-6,9-12,18H2,1H3,(H,19,20);1H. The van der Waals surface area contributed by atoms with Gasteiger partial charge in [-0.05, 0) is 37.2 Å². The summed E-state index contributed by atoms with van der Waals surface area (Å²) >= 11 is 0. The van der Waals surface area contributed by atoms with Gasteiger partial charge in [0.05, 0.1) is 6.04 Å². The van der Waals surface area contributed by atoms with Crippen molar-refractivity contribution in [2.75, 3.05) is 0 Å². The minimum Gasteiger partial charge on any atom is -0.352 e. The number of carbonyl (C=O) groups excluding carboxylic acids is 1. The monoisotopic (exact) mass is 310 g/mol. The van der Waals surface area contributed by atoms with E-state index in [9.17, 15) is 4.79 Å². The van der Waals surface area contributed by atoms with Crippen LogP contribution in [0.25, 0.3) is 0 Å². The van der Waals surface area contributed by atoms with E-state index < -0.39 is 6.04 Å². The molecular weight excluding hydrogens is 284 g/mol. The van der Waals surface area contributed by atoms with Crippen LogP contribution in [0.15, 0.2) is 30.3 Å². The molecule has 3 atom stereocenters. The van der Waals surface area contributed by atoms with Crippen LogP contribution in [0.4, 0.5) is 0 Å². The summed E-state index contributed by atoms with van der Waals surface area (Å²) in [6.07, 6.45) is 6.48. The first-order valence-electron chi connectivity index (χ1n) is 7.75. The van der Waals surface area contributed by atoms with E-state index in [4.69, 9.17) is 5.73 Å². The second kappa shape index (κ2) is 9.06. The number of nitrogens with one attached hydrogen (secondary N) is 1. The lowest BCUT2D eigenvalue weighted by atomic mass is 10.0. The Labute approximate surface area is 134 Å². The van der Waals surface area contributed by atoms with Crippen LogP contribution in [0, 0.1) is 5.92 Å². The molecule has 118 valence electrons. The summed E-state index contributed by atoms with van der Waals surface area (Å²) in [7, 11) is 0. The highest BCUT2D eigenvalue weighted by atomic mass is 35.5. The minimum atomic E-state index is -0.446. The van der Waals surface area contributed by atoms with Gasteiger partial charge >= 0.3 is 0 Å². The summed E-state index contributed by atoms with van der Waals surface area (Å²) in [5, 5.41) is 3.14. The van der Waals surface area contributed by atoms with Gasteiger partial charge in [-0.25, -0.2) is 0 Å². The zero-order valence-corrected chi connectivity index (χ0v) is 13.6. The fourth-order valence-electron chi connectivity index (χ4n) is 2.90. The van der Waals surface area contributed by atoms with E-state index in [2.05, 4.69) is 12.2 Å². The van der Waals surface area contributed by atoms with Gasteiger partial charge in [0.25, 0.3) is 0 Å². The molecule has 0 aromatic heterocycles. The molecule has 1 aromatic carbocycles. The molecule has 0 spiro atoms. The van der Waals surface area contributed by atoms with Crippen molar-refractivity contribution in [3.8, 4) is 0 Å². The van der Waals surface area contributed by atoms with Crippen LogP contribution in [-0.4, -0.2) is 18.0 Å². The van der Waals surface area contributed by atoms with Crippen LogP contribution in [0.1, 0.15) is 44.6 Å². The molecule has 0 radical (unpaired) electrons. The van der Waals surface area contributed by atoms with Gasteiger partial charge in [0, 0.05) is 6.04 Å². The van der Waals surface area contributed by atoms with Crippen molar-refractivity contribution < 1.29 is 4.79 Å². The molecule has 1 saturated carbocycles. The van der Waals surface area contributed by atoms with E-state index >= 15 is 0 Å². The third kappa shape index (κ3) is 6.06. The Kier molecular flexibility index (Phi) is 7.76. The van der Waals surface area contributed by atoms with E-state index in [-0.39, 0.29) is 18.3 Å². The number of carbonyl (C=O) groups is 1. The molecule has 0 bridgehead atoms. The first kappa shape index (κ1) is 18.0. The zero-order valence-electron chi connectivity index (χ0n) is 12.8. The van der Waals surface area contributed by atoms with E-state index in [1.165, 1.54) is 19.3 Å². The molecule has 1 amide bonds. The molecule has 1 aromatic rings. The third-order valence-corrected chi connectivity index (χ3v) is 4.24. The SMILES string of the molecule is CC1CCCC(NC(=O)C(N)Cc2ccccc2)CC1.Cl. The van der Waals surface area contributed by atoms with E-state index in [0.717, 1.165) is 24.3 Å². The second-order valence-electron chi connectivity index (χ2n) is 6.12. The van der Waals surface area contributed by atoms with E-state index in [1.54, 1.807) is 0 Å². The average molecular weight is 311 g/mol. The lowest BCUT2D eigenvalue weighted by Crippen LogP contribution is -2.46. The van der Waals surface area contributed by atoms with Crippen molar-refractivity contribution in [1.29, 1.82) is 0 Å². The van der Waals surface area contributed by atoms with Crippen molar-refractivity contribution in [1.82, 2.24) is 5.32 Å². The van der Waals surface area contributed by atoms with Crippen molar-refractivity contribution in [3.63, 3.8) is 0 Å². The van der Waals surface area contributed by atoms with Gasteiger partial charge in [-0.3, -0.25) is 4.79 Å². The van der Waals surface area contributed by atoms with E-state index in [0.29, 0.717) is 12.5 Å². The lowest BCUT2D eigenvalue weighted by Gasteiger charge is -2.19. The molecule has 3 unspecified atom stereocenters. The molecule has 1 aliphatic rings. The topological polar surface area (TPSA) is 55.1 Å². The van der Waals surface area contributed by atoms with Crippen molar-refractivity contribution in [2.24, 2.45) is 11.7 Å². The predicted molar refractivity (Wildman–Crippen MR) is 89.5 cm³/mol. The van der Waals surface area contributed by atoms with Crippen LogP contribution in [0.2, 0.25) is 0 Å². The molecule has 3 N–H and O–H groups in total. The van der Waals surface area contributed by atoms with Crippen molar-refractivity contribution >= 4 is 18.3 Å². The Hall–Kier alpha value is -1.06. The van der Waals surface area contributed by atoms with E-state index in [1.807, 2.05) is 30.3 Å². The number of rotatable bonds is 4. The highest BCUT2D eigenvalue weighted by Crippen LogP contribution is 2.22. The minimum absolute atomic E-state index is 0. The maximum Gasteiger partial charge on any atom is 0.237 e. The average Bonchev–Trinajstić information content (AvgIpc) is 2.65. The van der Waals surface area contributed by atoms with Gasteiger partial charge in [0.2, 0.25) is 5.91 Å². The fourth-order valence-corrected chi connectivity index (χ4v) is 2.90. The highest BCUT2D eigenvalue weighted by Gasteiger charge is 2.21. The van der Waals surface area contributed by atoms with Gasteiger partial charge in [0.15, 0.2) is 0 Å². The summed E-state index contributed by atoms with van der Waals surface area (Å²) in [6, 6.07) is 9.83. The van der Waals surface area contributed by atoms with Gasteiger partial charge in [-0.1, -0.05) is 50.1 Å². The Bertz CT molecular complexity index is 424. The number of hydrogen-bond donors (Lipinski definition) is 2. The zero-order chi connectivity index (χ0) is 14.4. The summed E-state index contributed by atoms with van der Waals surface area (Å²) in [6.45, 7) is 2.30. The first-order valence-corrected chi connectivity index (χ1v) is 7.75. The Balaban J connectivity index is 0.00000220. The Morgan fingerprint density at radius 1 is 1.24 bits per heavy atom. The molecule has 0 aliphatic heterocycles. The van der Waals surface area contributed by atoms with Gasteiger partial charge in [-0.15, -0.1) is 12.4 Å². The quantitative estimate of drug-likeness (QED) is 0.840. The summed E-state index contributed by atoms with van der Waals surface area (Å²) in [5.41, 5.74) is 7.14.